The van der Waals surface area contributed by atoms with Crippen LogP contribution in [0.5, 0.6) is 5.75 Å². The second kappa shape index (κ2) is 8.54. The van der Waals surface area contributed by atoms with Crippen molar-refractivity contribution in [1.82, 2.24) is 10.0 Å². The average Bonchev–Trinajstić information content (AvgIpc) is 2.67. The minimum absolute atomic E-state index is 0.0640. The van der Waals surface area contributed by atoms with Crippen LogP contribution in [0.25, 0.3) is 0 Å². The fourth-order valence-corrected chi connectivity index (χ4v) is 4.02. The molecule has 7 heteroatoms. The summed E-state index contributed by atoms with van der Waals surface area (Å²) in [6.07, 6.45) is 1.17. The number of para-hydroxylation sites is 1. The van der Waals surface area contributed by atoms with E-state index in [2.05, 4.69) is 10.0 Å². The maximum Gasteiger partial charge on any atom is 0.240 e. The molecule has 0 bridgehead atoms. The van der Waals surface area contributed by atoms with Crippen molar-refractivity contribution in [1.29, 1.82) is 0 Å². The van der Waals surface area contributed by atoms with Gasteiger partial charge in [-0.1, -0.05) is 35.9 Å². The number of hydrogen-bond acceptors (Lipinski definition) is 4. The highest BCUT2D eigenvalue weighted by Crippen LogP contribution is 2.26. The first kappa shape index (κ1) is 19.4. The Morgan fingerprint density at radius 1 is 1.11 bits per heavy atom. The van der Waals surface area contributed by atoms with E-state index in [0.717, 1.165) is 16.9 Å². The van der Waals surface area contributed by atoms with Gasteiger partial charge in [-0.2, -0.15) is 0 Å². The molecule has 0 aliphatic carbocycles. The minimum Gasteiger partial charge on any atom is -0.492 e. The molecule has 0 unspecified atom stereocenters. The van der Waals surface area contributed by atoms with Gasteiger partial charge in [0.25, 0.3) is 0 Å². The molecule has 1 aliphatic heterocycles. The zero-order valence-corrected chi connectivity index (χ0v) is 16.1. The smallest absolute Gasteiger partial charge is 0.240 e. The van der Waals surface area contributed by atoms with Crippen LogP contribution in [0.15, 0.2) is 53.4 Å². The molecule has 1 amide bonds. The lowest BCUT2D eigenvalue weighted by atomic mass is 9.96. The summed E-state index contributed by atoms with van der Waals surface area (Å²) in [5.74, 6) is 0.558. The van der Waals surface area contributed by atoms with Crippen LogP contribution in [0.3, 0.4) is 0 Å². The normalized spacial score (nSPS) is 16.3. The van der Waals surface area contributed by atoms with Crippen molar-refractivity contribution in [3.8, 4) is 5.75 Å². The summed E-state index contributed by atoms with van der Waals surface area (Å²) in [7, 11) is -3.51. The first-order valence-corrected chi connectivity index (χ1v) is 10.5. The molecule has 0 saturated heterocycles. The van der Waals surface area contributed by atoms with Crippen LogP contribution < -0.4 is 14.8 Å². The van der Waals surface area contributed by atoms with E-state index in [-0.39, 0.29) is 23.3 Å². The highest BCUT2D eigenvalue weighted by atomic mass is 32.2. The number of nitrogens with one attached hydrogen (secondary N) is 2. The molecule has 0 saturated carbocycles. The molecule has 1 aliphatic rings. The monoisotopic (exact) mass is 388 g/mol. The Labute approximate surface area is 160 Å². The lowest BCUT2D eigenvalue weighted by Crippen LogP contribution is -2.38. The van der Waals surface area contributed by atoms with E-state index in [9.17, 15) is 13.2 Å². The molecular weight excluding hydrogens is 364 g/mol. The van der Waals surface area contributed by atoms with Crippen LogP contribution in [0.2, 0.25) is 0 Å². The Morgan fingerprint density at radius 2 is 1.85 bits per heavy atom. The number of sulfonamides is 1. The van der Waals surface area contributed by atoms with Gasteiger partial charge in [0.1, 0.15) is 12.4 Å². The second-order valence-corrected chi connectivity index (χ2v) is 8.44. The Hall–Kier alpha value is -2.38. The molecule has 144 valence electrons. The van der Waals surface area contributed by atoms with Crippen molar-refractivity contribution in [3.63, 3.8) is 0 Å². The molecule has 1 atom stereocenters. The molecule has 6 nitrogen and oxygen atoms in total. The van der Waals surface area contributed by atoms with E-state index in [0.29, 0.717) is 26.0 Å². The van der Waals surface area contributed by atoms with Gasteiger partial charge in [-0.15, -0.1) is 0 Å². The summed E-state index contributed by atoms with van der Waals surface area (Å²) in [6.45, 7) is 2.94. The van der Waals surface area contributed by atoms with Crippen LogP contribution >= 0.6 is 0 Å². The molecule has 27 heavy (non-hydrogen) atoms. The third-order valence-electron chi connectivity index (χ3n) is 4.53. The number of carbonyl (C=O) groups excluding carboxylic acids is 1. The number of ether oxygens (including phenoxy) is 1. The van der Waals surface area contributed by atoms with Gasteiger partial charge in [-0.05, 0) is 43.5 Å². The molecule has 0 aromatic heterocycles. The van der Waals surface area contributed by atoms with Gasteiger partial charge in [-0.25, -0.2) is 13.1 Å². The average molecular weight is 388 g/mol. The van der Waals surface area contributed by atoms with Crippen molar-refractivity contribution in [2.45, 2.75) is 24.7 Å². The van der Waals surface area contributed by atoms with Crippen LogP contribution in [0.4, 0.5) is 0 Å². The van der Waals surface area contributed by atoms with Gasteiger partial charge in [0, 0.05) is 13.1 Å². The number of aryl methyl sites for hydroxylation is 1. The van der Waals surface area contributed by atoms with Crippen molar-refractivity contribution < 1.29 is 17.9 Å². The maximum absolute atomic E-state index is 12.3. The lowest BCUT2D eigenvalue weighted by molar-refractivity contribution is -0.126. The van der Waals surface area contributed by atoms with Gasteiger partial charge in [0.2, 0.25) is 15.9 Å². The molecule has 3 rings (SSSR count). The molecule has 1 heterocycles. The number of carbonyl (C=O) groups is 1. The van der Waals surface area contributed by atoms with Crippen molar-refractivity contribution in [3.05, 3.63) is 59.7 Å². The molecule has 2 aromatic carbocycles. The van der Waals surface area contributed by atoms with E-state index in [4.69, 9.17) is 4.74 Å². The highest BCUT2D eigenvalue weighted by molar-refractivity contribution is 7.89. The van der Waals surface area contributed by atoms with Gasteiger partial charge in [-0.3, -0.25) is 4.79 Å². The van der Waals surface area contributed by atoms with E-state index in [1.807, 2.05) is 31.2 Å². The van der Waals surface area contributed by atoms with Crippen molar-refractivity contribution >= 4 is 15.9 Å². The predicted molar refractivity (Wildman–Crippen MR) is 103 cm³/mol. The summed E-state index contributed by atoms with van der Waals surface area (Å²) in [5, 5.41) is 2.86. The number of rotatable bonds is 7. The Balaban J connectivity index is 1.40. The highest BCUT2D eigenvalue weighted by Gasteiger charge is 2.25. The second-order valence-electron chi connectivity index (χ2n) is 6.68. The van der Waals surface area contributed by atoms with Crippen molar-refractivity contribution in [2.24, 2.45) is 5.92 Å². The summed E-state index contributed by atoms with van der Waals surface area (Å²) < 4.78 is 32.6. The standard InChI is InChI=1S/C20H24N2O4S/c1-15-7-9-18(10-8-15)27(24,25)22-12-4-11-21-20(23)17-13-16-5-2-3-6-19(16)26-14-17/h2-3,5-10,17,22H,4,11-14H2,1H3,(H,21,23)/t17-/m1/s1. The predicted octanol–water partition coefficient (Wildman–Crippen LogP) is 2.03. The summed E-state index contributed by atoms with van der Waals surface area (Å²) >= 11 is 0. The largest absolute Gasteiger partial charge is 0.492 e. The van der Waals surface area contributed by atoms with Gasteiger partial charge < -0.3 is 10.1 Å². The molecule has 0 spiro atoms. The number of hydrogen-bond donors (Lipinski definition) is 2. The molecule has 0 radical (unpaired) electrons. The van der Waals surface area contributed by atoms with Crippen molar-refractivity contribution in [2.75, 3.05) is 19.7 Å². The fourth-order valence-electron chi connectivity index (χ4n) is 2.95. The number of amides is 1. The first-order valence-electron chi connectivity index (χ1n) is 9.00. The third-order valence-corrected chi connectivity index (χ3v) is 6.00. The molecule has 0 fully saturated rings. The Kier molecular flexibility index (Phi) is 6.13. The van der Waals surface area contributed by atoms with E-state index in [1.54, 1.807) is 24.3 Å². The molecule has 2 N–H and O–H groups in total. The lowest BCUT2D eigenvalue weighted by Gasteiger charge is -2.24. The van der Waals surface area contributed by atoms with Crippen LogP contribution in [0, 0.1) is 12.8 Å². The number of fused-ring (bicyclic) bond motifs is 1. The minimum atomic E-state index is -3.51. The summed E-state index contributed by atoms with van der Waals surface area (Å²) in [6, 6.07) is 14.4. The third kappa shape index (κ3) is 5.08. The van der Waals surface area contributed by atoms with Gasteiger partial charge in [0.05, 0.1) is 10.8 Å². The topological polar surface area (TPSA) is 84.5 Å². The zero-order chi connectivity index (χ0) is 19.3. The maximum atomic E-state index is 12.3. The summed E-state index contributed by atoms with van der Waals surface area (Å²) in [5.41, 5.74) is 2.04. The fraction of sp³-hybridized carbons (Fsp3) is 0.350. The van der Waals surface area contributed by atoms with E-state index in [1.165, 1.54) is 0 Å². The van der Waals surface area contributed by atoms with Gasteiger partial charge >= 0.3 is 0 Å². The van der Waals surface area contributed by atoms with Crippen LogP contribution in [-0.4, -0.2) is 34.0 Å². The quantitative estimate of drug-likeness (QED) is 0.711. The first-order chi connectivity index (χ1) is 13.0. The number of benzene rings is 2. The van der Waals surface area contributed by atoms with E-state index < -0.39 is 10.0 Å². The molecule has 2 aromatic rings. The summed E-state index contributed by atoms with van der Waals surface area (Å²) in [4.78, 5) is 12.5. The van der Waals surface area contributed by atoms with Gasteiger partial charge in [0.15, 0.2) is 0 Å². The Morgan fingerprint density at radius 3 is 2.63 bits per heavy atom. The van der Waals surface area contributed by atoms with Crippen LogP contribution in [0.1, 0.15) is 17.5 Å². The van der Waals surface area contributed by atoms with Crippen LogP contribution in [-0.2, 0) is 21.2 Å². The molecular formula is C20H24N2O4S. The Bertz CT molecular complexity index is 894. The zero-order valence-electron chi connectivity index (χ0n) is 15.3. The SMILES string of the molecule is Cc1ccc(S(=O)(=O)NCCCNC(=O)[C@H]2COc3ccccc3C2)cc1. The van der Waals surface area contributed by atoms with E-state index >= 15 is 0 Å².